The highest BCUT2D eigenvalue weighted by atomic mass is 32.1. The van der Waals surface area contributed by atoms with Gasteiger partial charge in [0.15, 0.2) is 16.6 Å². The van der Waals surface area contributed by atoms with Crippen LogP contribution in [-0.4, -0.2) is 22.5 Å². The molecule has 0 saturated heterocycles. The maximum atomic E-state index is 12.8. The third-order valence-electron chi connectivity index (χ3n) is 4.97. The first kappa shape index (κ1) is 20.3. The van der Waals surface area contributed by atoms with Gasteiger partial charge in [-0.05, 0) is 68.5 Å². The highest BCUT2D eigenvalue weighted by Gasteiger charge is 2.17. The quantitative estimate of drug-likeness (QED) is 0.539. The summed E-state index contributed by atoms with van der Waals surface area (Å²) in [5.41, 5.74) is 2.67. The molecule has 0 unspecified atom stereocenters. The van der Waals surface area contributed by atoms with Crippen LogP contribution in [0.4, 0.5) is 5.13 Å². The van der Waals surface area contributed by atoms with E-state index in [9.17, 15) is 4.79 Å². The predicted molar refractivity (Wildman–Crippen MR) is 118 cm³/mol. The zero-order valence-corrected chi connectivity index (χ0v) is 17.8. The van der Waals surface area contributed by atoms with Gasteiger partial charge in [-0.3, -0.25) is 15.1 Å². The minimum atomic E-state index is -0.194. The van der Waals surface area contributed by atoms with Crippen molar-refractivity contribution in [1.82, 2.24) is 9.97 Å². The van der Waals surface area contributed by atoms with Crippen molar-refractivity contribution in [2.75, 3.05) is 11.9 Å². The van der Waals surface area contributed by atoms with Crippen LogP contribution in [0.15, 0.2) is 42.7 Å². The normalized spacial score (nSPS) is 13.2. The van der Waals surface area contributed by atoms with E-state index in [4.69, 9.17) is 9.47 Å². The van der Waals surface area contributed by atoms with Crippen molar-refractivity contribution in [3.63, 3.8) is 0 Å². The van der Waals surface area contributed by atoms with Gasteiger partial charge >= 0.3 is 0 Å². The Hall–Kier alpha value is -2.93. The number of thiazole rings is 1. The van der Waals surface area contributed by atoms with E-state index < -0.39 is 0 Å². The first-order valence-electron chi connectivity index (χ1n) is 10.3. The molecule has 1 amide bonds. The minimum Gasteiger partial charge on any atom is -0.490 e. The summed E-state index contributed by atoms with van der Waals surface area (Å²) in [5, 5.41) is 3.62. The van der Waals surface area contributed by atoms with Gasteiger partial charge in [0, 0.05) is 22.8 Å². The van der Waals surface area contributed by atoms with Crippen LogP contribution < -0.4 is 14.8 Å². The van der Waals surface area contributed by atoms with Gasteiger partial charge in [-0.2, -0.15) is 0 Å². The average Bonchev–Trinajstić information content (AvgIpc) is 3.01. The van der Waals surface area contributed by atoms with Crippen molar-refractivity contribution in [2.24, 2.45) is 0 Å². The lowest BCUT2D eigenvalue weighted by atomic mass is 10.2. The summed E-state index contributed by atoms with van der Waals surface area (Å²) in [7, 11) is 0. The Morgan fingerprint density at radius 2 is 1.90 bits per heavy atom. The first-order chi connectivity index (χ1) is 14.7. The van der Waals surface area contributed by atoms with Crippen molar-refractivity contribution in [1.29, 1.82) is 0 Å². The summed E-state index contributed by atoms with van der Waals surface area (Å²) >= 11 is 1.59. The first-order valence-corrected chi connectivity index (χ1v) is 11.1. The minimum absolute atomic E-state index is 0.194. The van der Waals surface area contributed by atoms with Gasteiger partial charge in [-0.1, -0.05) is 6.42 Å². The van der Waals surface area contributed by atoms with Gasteiger partial charge in [-0.25, -0.2) is 4.98 Å². The Labute approximate surface area is 180 Å². The second-order valence-electron chi connectivity index (χ2n) is 7.14. The number of nitrogens with one attached hydrogen (secondary N) is 1. The average molecular weight is 424 g/mol. The van der Waals surface area contributed by atoms with Crippen LogP contribution in [0.25, 0.3) is 0 Å². The molecule has 0 atom stereocenters. The van der Waals surface area contributed by atoms with E-state index in [0.717, 1.165) is 24.1 Å². The molecule has 2 aromatic heterocycles. The third kappa shape index (κ3) is 4.97. The molecule has 3 aromatic rings. The van der Waals surface area contributed by atoms with E-state index >= 15 is 0 Å². The Morgan fingerprint density at radius 3 is 2.73 bits per heavy atom. The predicted octanol–water partition coefficient (Wildman–Crippen LogP) is 5.04. The van der Waals surface area contributed by atoms with Crippen molar-refractivity contribution in [3.8, 4) is 11.5 Å². The van der Waals surface area contributed by atoms with Gasteiger partial charge in [-0.15, -0.1) is 11.3 Å². The van der Waals surface area contributed by atoms with Crippen molar-refractivity contribution >= 4 is 22.4 Å². The van der Waals surface area contributed by atoms with Crippen molar-refractivity contribution in [3.05, 3.63) is 64.4 Å². The van der Waals surface area contributed by atoms with Crippen LogP contribution in [0, 0.1) is 0 Å². The Balaban J connectivity index is 1.46. The number of carbonyl (C=O) groups excluding carboxylic acids is 1. The standard InChI is InChI=1S/C23H25N3O3S/c1-2-28-20-14-17(8-9-19(20)29-15-16-10-12-24-13-11-16)22(27)26-23-25-18-6-4-3-5-7-21(18)30-23/h8-14H,2-7,15H2,1H3,(H,25,26,27). The number of hydrogen-bond acceptors (Lipinski definition) is 6. The van der Waals surface area contributed by atoms with Gasteiger partial charge in [0.1, 0.15) is 6.61 Å². The molecule has 0 fully saturated rings. The second-order valence-corrected chi connectivity index (χ2v) is 8.23. The topological polar surface area (TPSA) is 73.3 Å². The summed E-state index contributed by atoms with van der Waals surface area (Å²) in [6.45, 7) is 2.79. The number of pyridine rings is 1. The molecule has 1 aliphatic carbocycles. The largest absolute Gasteiger partial charge is 0.490 e. The fourth-order valence-electron chi connectivity index (χ4n) is 3.43. The summed E-state index contributed by atoms with van der Waals surface area (Å²) in [4.78, 5) is 22.7. The number of ether oxygens (including phenoxy) is 2. The third-order valence-corrected chi connectivity index (χ3v) is 6.04. The van der Waals surface area contributed by atoms with Gasteiger partial charge in [0.2, 0.25) is 0 Å². The van der Waals surface area contributed by atoms with E-state index in [1.165, 1.54) is 24.1 Å². The zero-order chi connectivity index (χ0) is 20.8. The lowest BCUT2D eigenvalue weighted by molar-refractivity contribution is 0.102. The maximum absolute atomic E-state index is 12.8. The molecule has 6 nitrogen and oxygen atoms in total. The zero-order valence-electron chi connectivity index (χ0n) is 17.0. The van der Waals surface area contributed by atoms with Crippen LogP contribution in [0.3, 0.4) is 0 Å². The van der Waals surface area contributed by atoms with Crippen LogP contribution in [0.2, 0.25) is 0 Å². The lowest BCUT2D eigenvalue weighted by Gasteiger charge is -2.13. The molecule has 0 spiro atoms. The number of fused-ring (bicyclic) bond motifs is 1. The molecular weight excluding hydrogens is 398 g/mol. The number of amides is 1. The Morgan fingerprint density at radius 1 is 1.07 bits per heavy atom. The van der Waals surface area contributed by atoms with Crippen molar-refractivity contribution in [2.45, 2.75) is 45.6 Å². The molecule has 4 rings (SSSR count). The molecule has 7 heteroatoms. The summed E-state index contributed by atoms with van der Waals surface area (Å²) in [6.07, 6.45) is 9.13. The number of aromatic nitrogens is 2. The molecule has 0 radical (unpaired) electrons. The summed E-state index contributed by atoms with van der Waals surface area (Å²) in [5.74, 6) is 0.959. The molecule has 2 heterocycles. The number of hydrogen-bond donors (Lipinski definition) is 1. The number of carbonyl (C=O) groups is 1. The van der Waals surface area contributed by atoms with Gasteiger partial charge < -0.3 is 9.47 Å². The fraction of sp³-hybridized carbons (Fsp3) is 0.348. The molecule has 0 saturated carbocycles. The molecule has 156 valence electrons. The summed E-state index contributed by atoms with van der Waals surface area (Å²) in [6, 6.07) is 9.05. The molecule has 0 bridgehead atoms. The number of rotatable bonds is 7. The van der Waals surface area contributed by atoms with Crippen LogP contribution in [0.5, 0.6) is 11.5 Å². The number of nitrogens with zero attached hydrogens (tertiary/aromatic N) is 2. The molecule has 1 aliphatic rings. The van der Waals surface area contributed by atoms with E-state index in [-0.39, 0.29) is 5.91 Å². The summed E-state index contributed by atoms with van der Waals surface area (Å²) < 4.78 is 11.6. The van der Waals surface area contributed by atoms with E-state index in [2.05, 4.69) is 15.3 Å². The molecular formula is C23H25N3O3S. The highest BCUT2D eigenvalue weighted by Crippen LogP contribution is 2.31. The Bertz CT molecular complexity index is 981. The van der Waals surface area contributed by atoms with E-state index in [1.54, 1.807) is 41.9 Å². The monoisotopic (exact) mass is 423 g/mol. The molecule has 0 aliphatic heterocycles. The van der Waals surface area contributed by atoms with E-state index in [1.807, 2.05) is 19.1 Å². The SMILES string of the molecule is CCOc1cc(C(=O)Nc2nc3c(s2)CCCCC3)ccc1OCc1ccncc1. The lowest BCUT2D eigenvalue weighted by Crippen LogP contribution is -2.12. The smallest absolute Gasteiger partial charge is 0.257 e. The molecule has 1 aromatic carbocycles. The second kappa shape index (κ2) is 9.71. The van der Waals surface area contributed by atoms with Crippen LogP contribution in [-0.2, 0) is 19.4 Å². The molecule has 1 N–H and O–H groups in total. The van der Waals surface area contributed by atoms with Gasteiger partial charge in [0.05, 0.1) is 12.3 Å². The van der Waals surface area contributed by atoms with Gasteiger partial charge in [0.25, 0.3) is 5.91 Å². The Kier molecular flexibility index (Phi) is 6.59. The molecule has 30 heavy (non-hydrogen) atoms. The van der Waals surface area contributed by atoms with Crippen LogP contribution in [0.1, 0.15) is 52.7 Å². The van der Waals surface area contributed by atoms with Crippen molar-refractivity contribution < 1.29 is 14.3 Å². The fourth-order valence-corrected chi connectivity index (χ4v) is 4.47. The number of aryl methyl sites for hydroxylation is 2. The number of anilines is 1. The number of benzene rings is 1. The van der Waals surface area contributed by atoms with Crippen LogP contribution >= 0.6 is 11.3 Å². The maximum Gasteiger partial charge on any atom is 0.257 e. The van der Waals surface area contributed by atoms with E-state index in [0.29, 0.717) is 35.4 Å². The highest BCUT2D eigenvalue weighted by molar-refractivity contribution is 7.15.